The summed E-state index contributed by atoms with van der Waals surface area (Å²) >= 11 is 16.5. The van der Waals surface area contributed by atoms with E-state index < -0.39 is 5.97 Å². The Labute approximate surface area is 221 Å². The third kappa shape index (κ3) is 4.39. The Bertz CT molecular complexity index is 1340. The molecule has 180 valence electrons. The number of halogens is 3. The Morgan fingerprint density at radius 1 is 1.17 bits per heavy atom. The lowest BCUT2D eigenvalue weighted by Crippen LogP contribution is -2.30. The van der Waals surface area contributed by atoms with Crippen LogP contribution < -0.4 is 14.8 Å². The molecule has 0 radical (unpaired) electrons. The topological polar surface area (TPSA) is 67.8 Å². The third-order valence-corrected chi connectivity index (χ3v) is 7.91. The second-order valence-electron chi connectivity index (χ2n) is 8.58. The van der Waals surface area contributed by atoms with Crippen LogP contribution in [0.5, 0.6) is 11.5 Å². The van der Waals surface area contributed by atoms with E-state index in [1.54, 1.807) is 19.2 Å². The van der Waals surface area contributed by atoms with Gasteiger partial charge in [-0.05, 0) is 69.7 Å². The van der Waals surface area contributed by atoms with Gasteiger partial charge >= 0.3 is 5.97 Å². The summed E-state index contributed by atoms with van der Waals surface area (Å²) in [6.45, 7) is 0.297. The minimum absolute atomic E-state index is 0.0537. The van der Waals surface area contributed by atoms with Gasteiger partial charge in [-0.3, -0.25) is 0 Å². The molecule has 8 heteroatoms. The quantitative estimate of drug-likeness (QED) is 0.293. The molecule has 0 aromatic heterocycles. The molecule has 0 fully saturated rings. The summed E-state index contributed by atoms with van der Waals surface area (Å²) < 4.78 is 12.5. The van der Waals surface area contributed by atoms with E-state index in [9.17, 15) is 9.90 Å². The van der Waals surface area contributed by atoms with Crippen LogP contribution in [0, 0.1) is 5.92 Å². The van der Waals surface area contributed by atoms with E-state index in [-0.39, 0.29) is 23.4 Å². The number of hydrogen-bond donors (Lipinski definition) is 2. The molecular weight excluding hydrogens is 553 g/mol. The van der Waals surface area contributed by atoms with E-state index in [0.29, 0.717) is 33.8 Å². The van der Waals surface area contributed by atoms with Crippen molar-refractivity contribution < 1.29 is 19.4 Å². The molecule has 5 nitrogen and oxygen atoms in total. The molecule has 2 N–H and O–H groups in total. The Morgan fingerprint density at radius 3 is 2.71 bits per heavy atom. The number of hydrogen-bond acceptors (Lipinski definition) is 4. The van der Waals surface area contributed by atoms with Crippen LogP contribution in [0.3, 0.4) is 0 Å². The number of carboxylic acid groups (broad SMARTS) is 1. The molecule has 35 heavy (non-hydrogen) atoms. The lowest BCUT2D eigenvalue weighted by molar-refractivity contribution is 0.0695. The zero-order chi connectivity index (χ0) is 24.7. The van der Waals surface area contributed by atoms with E-state index >= 15 is 0 Å². The average molecular weight is 575 g/mol. The van der Waals surface area contributed by atoms with Crippen molar-refractivity contribution in [1.82, 2.24) is 0 Å². The number of rotatable bonds is 6. The maximum absolute atomic E-state index is 11.9. The molecule has 0 bridgehead atoms. The number of benzene rings is 3. The Kier molecular flexibility index (Phi) is 6.71. The molecule has 1 aliphatic carbocycles. The molecule has 0 spiro atoms. The van der Waals surface area contributed by atoms with Crippen molar-refractivity contribution >= 4 is 50.8 Å². The molecule has 3 aromatic carbocycles. The minimum atomic E-state index is -0.957. The Hall–Kier alpha value is -2.67. The van der Waals surface area contributed by atoms with E-state index in [2.05, 4.69) is 33.4 Å². The maximum atomic E-state index is 11.9. The van der Waals surface area contributed by atoms with Crippen LogP contribution in [-0.2, 0) is 6.61 Å². The largest absolute Gasteiger partial charge is 0.493 e. The number of carboxylic acids is 1. The van der Waals surface area contributed by atoms with Crippen molar-refractivity contribution in [1.29, 1.82) is 0 Å². The fourth-order valence-electron chi connectivity index (χ4n) is 5.02. The second-order valence-corrected chi connectivity index (χ2v) is 10.2. The zero-order valence-electron chi connectivity index (χ0n) is 18.7. The van der Waals surface area contributed by atoms with Crippen molar-refractivity contribution in [2.45, 2.75) is 25.0 Å². The number of nitrogens with one attached hydrogen (secondary N) is 1. The standard InChI is InChI=1S/C27H22BrCl2NO4/c1-34-22-12-15(11-19(28)26(22)35-13-14-5-2-3-8-20(14)29)24-17-7-4-6-16(17)23-18(27(32)33)9-10-21(30)25(23)31-24/h2-6,8-12,16-17,24,31H,7,13H2,1H3,(H,32,33)/t16-,17+,24-/m0/s1. The molecular formula is C27H22BrCl2NO4. The van der Waals surface area contributed by atoms with Crippen molar-refractivity contribution in [3.05, 3.63) is 97.5 Å². The summed E-state index contributed by atoms with van der Waals surface area (Å²) in [6, 6.07) is 14.6. The van der Waals surface area contributed by atoms with Gasteiger partial charge in [0.1, 0.15) is 6.61 Å². The summed E-state index contributed by atoms with van der Waals surface area (Å²) in [6.07, 6.45) is 5.02. The van der Waals surface area contributed by atoms with Crippen LogP contribution in [0.25, 0.3) is 0 Å². The van der Waals surface area contributed by atoms with Gasteiger partial charge in [-0.15, -0.1) is 0 Å². The highest BCUT2D eigenvalue weighted by Gasteiger charge is 2.41. The van der Waals surface area contributed by atoms with Crippen LogP contribution in [-0.4, -0.2) is 18.2 Å². The molecule has 3 atom stereocenters. The summed E-state index contributed by atoms with van der Waals surface area (Å²) in [5.74, 6) is 0.288. The molecule has 0 saturated carbocycles. The van der Waals surface area contributed by atoms with Gasteiger partial charge in [0.05, 0.1) is 33.9 Å². The van der Waals surface area contributed by atoms with Gasteiger partial charge < -0.3 is 19.9 Å². The van der Waals surface area contributed by atoms with Gasteiger partial charge in [0.15, 0.2) is 11.5 Å². The number of allylic oxidation sites excluding steroid dienone is 2. The first-order valence-corrected chi connectivity index (χ1v) is 12.7. The van der Waals surface area contributed by atoms with Gasteiger partial charge in [-0.25, -0.2) is 4.79 Å². The minimum Gasteiger partial charge on any atom is -0.493 e. The van der Waals surface area contributed by atoms with Crippen LogP contribution in [0.1, 0.15) is 45.4 Å². The number of methoxy groups -OCH3 is 1. The summed E-state index contributed by atoms with van der Waals surface area (Å²) in [5.41, 5.74) is 3.55. The second kappa shape index (κ2) is 9.76. The van der Waals surface area contributed by atoms with Gasteiger partial charge in [0, 0.05) is 16.5 Å². The van der Waals surface area contributed by atoms with Crippen LogP contribution in [0.2, 0.25) is 10.0 Å². The van der Waals surface area contributed by atoms with Crippen molar-refractivity contribution in [3.8, 4) is 11.5 Å². The first kappa shape index (κ1) is 24.0. The van der Waals surface area contributed by atoms with E-state index in [1.165, 1.54) is 0 Å². The molecule has 0 saturated heterocycles. The van der Waals surface area contributed by atoms with Crippen LogP contribution >= 0.6 is 39.1 Å². The molecule has 5 rings (SSSR count). The maximum Gasteiger partial charge on any atom is 0.336 e. The Balaban J connectivity index is 1.51. The predicted molar refractivity (Wildman–Crippen MR) is 141 cm³/mol. The average Bonchev–Trinajstić information content (AvgIpc) is 3.33. The normalized spacial score (nSPS) is 20.1. The SMILES string of the molecule is COc1cc([C@@H]2Nc3c(Cl)ccc(C(=O)O)c3[C@H]3C=CC[C@H]32)cc(Br)c1OCc1ccccc1Cl. The summed E-state index contributed by atoms with van der Waals surface area (Å²) in [5, 5.41) is 14.5. The van der Waals surface area contributed by atoms with Gasteiger partial charge in [0.25, 0.3) is 0 Å². The first-order chi connectivity index (χ1) is 16.9. The molecule has 1 aliphatic heterocycles. The van der Waals surface area contributed by atoms with E-state index in [1.807, 2.05) is 36.4 Å². The van der Waals surface area contributed by atoms with Crippen molar-refractivity contribution in [2.24, 2.45) is 5.92 Å². The molecule has 3 aromatic rings. The lowest BCUT2D eigenvalue weighted by atomic mass is 9.75. The van der Waals surface area contributed by atoms with Gasteiger partial charge in [-0.2, -0.15) is 0 Å². The highest BCUT2D eigenvalue weighted by atomic mass is 79.9. The molecule has 0 amide bonds. The monoisotopic (exact) mass is 573 g/mol. The first-order valence-electron chi connectivity index (χ1n) is 11.1. The van der Waals surface area contributed by atoms with Crippen LogP contribution in [0.15, 0.2) is 65.2 Å². The molecule has 1 heterocycles. The highest BCUT2D eigenvalue weighted by molar-refractivity contribution is 9.10. The fraction of sp³-hybridized carbons (Fsp3) is 0.222. The highest BCUT2D eigenvalue weighted by Crippen LogP contribution is 2.53. The number of carbonyl (C=O) groups is 1. The zero-order valence-corrected chi connectivity index (χ0v) is 21.8. The summed E-state index contributed by atoms with van der Waals surface area (Å²) in [4.78, 5) is 11.9. The Morgan fingerprint density at radius 2 is 1.97 bits per heavy atom. The van der Waals surface area contributed by atoms with Crippen molar-refractivity contribution in [2.75, 3.05) is 12.4 Å². The predicted octanol–water partition coefficient (Wildman–Crippen LogP) is 7.87. The van der Waals surface area contributed by atoms with Crippen molar-refractivity contribution in [3.63, 3.8) is 0 Å². The smallest absolute Gasteiger partial charge is 0.336 e. The third-order valence-electron chi connectivity index (χ3n) is 6.64. The van der Waals surface area contributed by atoms with E-state index in [0.717, 1.165) is 27.6 Å². The number of fused-ring (bicyclic) bond motifs is 3. The van der Waals surface area contributed by atoms with E-state index in [4.69, 9.17) is 32.7 Å². The fourth-order valence-corrected chi connectivity index (χ4v) is 6.00. The molecule has 2 aliphatic rings. The molecule has 0 unspecified atom stereocenters. The summed E-state index contributed by atoms with van der Waals surface area (Å²) in [7, 11) is 1.60. The number of aromatic carboxylic acids is 1. The van der Waals surface area contributed by atoms with Gasteiger partial charge in [0.2, 0.25) is 0 Å². The van der Waals surface area contributed by atoms with Crippen LogP contribution in [0.4, 0.5) is 5.69 Å². The lowest BCUT2D eigenvalue weighted by Gasteiger charge is -2.38. The van der Waals surface area contributed by atoms with Gasteiger partial charge in [-0.1, -0.05) is 53.6 Å². The number of anilines is 1. The number of ether oxygens (including phenoxy) is 2.